The smallest absolute Gasteiger partial charge is 0.284 e. The van der Waals surface area contributed by atoms with E-state index < -0.39 is 10.0 Å². The third-order valence-corrected chi connectivity index (χ3v) is 5.59. The second kappa shape index (κ2) is 5.66. The van der Waals surface area contributed by atoms with Crippen LogP contribution in [0.5, 0.6) is 0 Å². The molecule has 0 aliphatic carbocycles. The summed E-state index contributed by atoms with van der Waals surface area (Å²) in [6, 6.07) is 6.60. The van der Waals surface area contributed by atoms with E-state index in [2.05, 4.69) is 15.1 Å². The first-order chi connectivity index (χ1) is 10.8. The van der Waals surface area contributed by atoms with Gasteiger partial charge in [0.1, 0.15) is 4.64 Å². The molecule has 0 saturated carbocycles. The number of H-pyrrole nitrogens is 2. The molecule has 3 aromatic rings. The molecule has 9 heteroatoms. The maximum Gasteiger partial charge on any atom is 0.284 e. The maximum atomic E-state index is 12.9. The van der Waals surface area contributed by atoms with Gasteiger partial charge in [0.05, 0.1) is 16.0 Å². The lowest BCUT2D eigenvalue weighted by Crippen LogP contribution is -2.15. The first kappa shape index (κ1) is 16.0. The van der Waals surface area contributed by atoms with Gasteiger partial charge in [-0.15, -0.1) is 4.09 Å². The summed E-state index contributed by atoms with van der Waals surface area (Å²) in [7, 11) is -3.84. The summed E-state index contributed by atoms with van der Waals surface area (Å²) in [4.78, 5) is 5.84. The van der Waals surface area contributed by atoms with E-state index in [0.717, 1.165) is 9.65 Å². The maximum absolute atomic E-state index is 12.9. The predicted octanol–water partition coefficient (Wildman–Crippen LogP) is 3.26. The quantitative estimate of drug-likeness (QED) is 0.695. The van der Waals surface area contributed by atoms with Crippen molar-refractivity contribution >= 4 is 45.5 Å². The Morgan fingerprint density at radius 2 is 1.83 bits per heavy atom. The number of hydrogen-bond donors (Lipinski definition) is 2. The molecule has 23 heavy (non-hydrogen) atoms. The van der Waals surface area contributed by atoms with Crippen LogP contribution in [0.25, 0.3) is 11.0 Å². The summed E-state index contributed by atoms with van der Waals surface area (Å²) in [6.07, 6.45) is 0.551. The van der Waals surface area contributed by atoms with Crippen molar-refractivity contribution < 1.29 is 8.42 Å². The normalized spacial score (nSPS) is 11.9. The topological polar surface area (TPSA) is 83.5 Å². The zero-order valence-corrected chi connectivity index (χ0v) is 14.9. The van der Waals surface area contributed by atoms with Crippen molar-refractivity contribution in [3.05, 3.63) is 44.9 Å². The van der Waals surface area contributed by atoms with Crippen molar-refractivity contribution in [1.29, 1.82) is 0 Å². The van der Waals surface area contributed by atoms with Crippen molar-refractivity contribution in [2.75, 3.05) is 0 Å². The van der Waals surface area contributed by atoms with Crippen LogP contribution >= 0.6 is 24.4 Å². The number of aromatic amines is 2. The predicted molar refractivity (Wildman–Crippen MR) is 93.2 cm³/mol. The third kappa shape index (κ3) is 2.64. The number of nitrogens with zero attached hydrogens (tertiary/aromatic N) is 2. The van der Waals surface area contributed by atoms with E-state index >= 15 is 0 Å². The van der Waals surface area contributed by atoms with Gasteiger partial charge in [-0.3, -0.25) is 0 Å². The summed E-state index contributed by atoms with van der Waals surface area (Å²) in [5, 5.41) is 4.82. The van der Waals surface area contributed by atoms with Crippen LogP contribution in [-0.4, -0.2) is 27.6 Å². The van der Waals surface area contributed by atoms with Gasteiger partial charge in [0.2, 0.25) is 0 Å². The highest BCUT2D eigenvalue weighted by Crippen LogP contribution is 2.23. The highest BCUT2D eigenvalue weighted by atomic mass is 32.2. The van der Waals surface area contributed by atoms with Crippen LogP contribution in [0.1, 0.15) is 18.2 Å². The molecule has 0 unspecified atom stereocenters. The molecule has 0 fully saturated rings. The number of nitrogens with one attached hydrogen (secondary N) is 2. The van der Waals surface area contributed by atoms with E-state index in [1.54, 1.807) is 24.3 Å². The van der Waals surface area contributed by atoms with Gasteiger partial charge in [-0.1, -0.05) is 36.8 Å². The van der Waals surface area contributed by atoms with Gasteiger partial charge >= 0.3 is 0 Å². The van der Waals surface area contributed by atoms with Crippen molar-refractivity contribution in [3.63, 3.8) is 0 Å². The highest BCUT2D eigenvalue weighted by molar-refractivity contribution is 7.90. The zero-order valence-electron chi connectivity index (χ0n) is 12.5. The molecule has 0 aliphatic heterocycles. The monoisotopic (exact) mass is 366 g/mol. The van der Waals surface area contributed by atoms with Crippen LogP contribution in [0, 0.1) is 16.3 Å². The minimum atomic E-state index is -3.84. The molecule has 6 nitrogen and oxygen atoms in total. The van der Waals surface area contributed by atoms with E-state index in [1.165, 1.54) is 0 Å². The highest BCUT2D eigenvalue weighted by Gasteiger charge is 2.23. The molecule has 1 aromatic carbocycles. The second-order valence-corrected chi connectivity index (χ2v) is 7.68. The number of hydrogen-bond acceptors (Lipinski definition) is 5. The van der Waals surface area contributed by atoms with E-state index in [1.807, 2.05) is 13.8 Å². The fraction of sp³-hybridized carbons (Fsp3) is 0.214. The molecule has 0 atom stereocenters. The summed E-state index contributed by atoms with van der Waals surface area (Å²) in [5.41, 5.74) is 1.87. The van der Waals surface area contributed by atoms with Crippen molar-refractivity contribution in [1.82, 2.24) is 19.2 Å². The molecular weight excluding hydrogens is 352 g/mol. The van der Waals surface area contributed by atoms with E-state index in [4.69, 9.17) is 24.4 Å². The Labute approximate surface area is 143 Å². The number of fused-ring (bicyclic) bond motifs is 1. The van der Waals surface area contributed by atoms with E-state index in [-0.39, 0.29) is 15.3 Å². The van der Waals surface area contributed by atoms with Gasteiger partial charge in [-0.05, 0) is 37.7 Å². The molecule has 0 aliphatic rings. The Balaban J connectivity index is 2.38. The fourth-order valence-corrected chi connectivity index (χ4v) is 4.17. The van der Waals surface area contributed by atoms with E-state index in [9.17, 15) is 8.42 Å². The van der Waals surface area contributed by atoms with Gasteiger partial charge in [-0.25, -0.2) is 0 Å². The Hall–Kier alpha value is -1.84. The first-order valence-electron chi connectivity index (χ1n) is 6.91. The molecular formula is C14H14N4O2S3. The minimum Gasteiger partial charge on any atom is -0.323 e. The van der Waals surface area contributed by atoms with Crippen LogP contribution in [0.4, 0.5) is 0 Å². The molecule has 0 amide bonds. The molecule has 0 saturated heterocycles. The molecule has 120 valence electrons. The molecule has 2 N–H and O–H groups in total. The largest absolute Gasteiger partial charge is 0.323 e. The lowest BCUT2D eigenvalue weighted by atomic mass is 10.2. The number of rotatable bonds is 3. The van der Waals surface area contributed by atoms with Crippen LogP contribution in [-0.2, 0) is 16.4 Å². The second-order valence-electron chi connectivity index (χ2n) is 5.09. The average molecular weight is 366 g/mol. The first-order valence-corrected chi connectivity index (χ1v) is 9.16. The standard InChI is InChI=1S/C14H14N4O2S3/c1-3-10-11-12(15-14(22)16-13(11)21)18(17-10)23(19,20)9-6-4-8(2)5-7-9/h4-7H,3H2,1-2H3,(H2,15,16,21,22). The van der Waals surface area contributed by atoms with Gasteiger partial charge < -0.3 is 9.97 Å². The fourth-order valence-electron chi connectivity index (χ4n) is 2.33. The average Bonchev–Trinajstić information content (AvgIpc) is 2.87. The van der Waals surface area contributed by atoms with Crippen molar-refractivity contribution in [3.8, 4) is 0 Å². The Morgan fingerprint density at radius 1 is 1.17 bits per heavy atom. The van der Waals surface area contributed by atoms with Gasteiger partial charge in [0, 0.05) is 0 Å². The van der Waals surface area contributed by atoms with Crippen molar-refractivity contribution in [2.45, 2.75) is 25.2 Å². The summed E-state index contributed by atoms with van der Waals surface area (Å²) < 4.78 is 27.4. The molecule has 0 spiro atoms. The minimum absolute atomic E-state index is 0.160. The summed E-state index contributed by atoms with van der Waals surface area (Å²) >= 11 is 10.3. The summed E-state index contributed by atoms with van der Waals surface area (Å²) in [5.74, 6) is 0. The number of aryl methyl sites for hydroxylation is 2. The van der Waals surface area contributed by atoms with Gasteiger partial charge in [0.25, 0.3) is 10.0 Å². The number of benzene rings is 1. The van der Waals surface area contributed by atoms with Crippen LogP contribution in [0.3, 0.4) is 0 Å². The van der Waals surface area contributed by atoms with Gasteiger partial charge in [0.15, 0.2) is 10.4 Å². The van der Waals surface area contributed by atoms with Crippen LogP contribution in [0.15, 0.2) is 29.2 Å². The molecule has 2 heterocycles. The van der Waals surface area contributed by atoms with Crippen LogP contribution < -0.4 is 0 Å². The lowest BCUT2D eigenvalue weighted by molar-refractivity contribution is 0.581. The van der Waals surface area contributed by atoms with Crippen LogP contribution in [0.2, 0.25) is 0 Å². The molecule has 3 rings (SSSR count). The number of aromatic nitrogens is 4. The Bertz CT molecular complexity index is 1110. The SMILES string of the molecule is CCc1nn(S(=O)(=O)c2ccc(C)cc2)c2[nH]c(=S)[nH]c(=S)c12. The van der Waals surface area contributed by atoms with Crippen molar-refractivity contribution in [2.24, 2.45) is 0 Å². The van der Waals surface area contributed by atoms with Gasteiger partial charge in [-0.2, -0.15) is 13.5 Å². The molecule has 0 bridgehead atoms. The summed E-state index contributed by atoms with van der Waals surface area (Å²) in [6.45, 7) is 3.78. The molecule has 2 aromatic heterocycles. The molecule has 0 radical (unpaired) electrons. The van der Waals surface area contributed by atoms with E-state index in [0.29, 0.717) is 22.1 Å². The Morgan fingerprint density at radius 3 is 2.43 bits per heavy atom. The lowest BCUT2D eigenvalue weighted by Gasteiger charge is -2.06. The Kier molecular flexibility index (Phi) is 3.95. The zero-order chi connectivity index (χ0) is 16.8. The third-order valence-electron chi connectivity index (χ3n) is 3.50.